The number of hydrogen-bond acceptors (Lipinski definition) is 4. The summed E-state index contributed by atoms with van der Waals surface area (Å²) in [5.41, 5.74) is -0.482. The third-order valence-electron chi connectivity index (χ3n) is 2.57. The lowest BCUT2D eigenvalue weighted by Crippen LogP contribution is -2.17. The van der Waals surface area contributed by atoms with Gasteiger partial charge < -0.3 is 5.32 Å². The first-order chi connectivity index (χ1) is 9.36. The van der Waals surface area contributed by atoms with Crippen LogP contribution < -0.4 is 10.9 Å². The van der Waals surface area contributed by atoms with Crippen LogP contribution in [0.2, 0.25) is 0 Å². The molecule has 1 heterocycles. The molecule has 0 aliphatic carbocycles. The number of benzene rings is 1. The minimum atomic E-state index is -4.38. The molecular formula is C12H11F3N4O. The summed E-state index contributed by atoms with van der Waals surface area (Å²) in [5.74, 6) is 0.109. The van der Waals surface area contributed by atoms with Gasteiger partial charge in [0, 0.05) is 6.54 Å². The molecule has 0 saturated carbocycles. The van der Waals surface area contributed by atoms with Crippen molar-refractivity contribution in [1.29, 1.82) is 0 Å². The number of nitrogens with one attached hydrogen (secondary N) is 2. The lowest BCUT2D eigenvalue weighted by atomic mass is 10.1. The van der Waals surface area contributed by atoms with Crippen LogP contribution in [0.3, 0.4) is 0 Å². The number of halogens is 3. The molecule has 20 heavy (non-hydrogen) atoms. The zero-order valence-electron chi connectivity index (χ0n) is 10.5. The van der Waals surface area contributed by atoms with Crippen molar-refractivity contribution >= 4 is 5.95 Å². The van der Waals surface area contributed by atoms with E-state index in [1.54, 1.807) is 6.07 Å². The zero-order chi connectivity index (χ0) is 14.8. The van der Waals surface area contributed by atoms with E-state index < -0.39 is 17.3 Å². The standard InChI is InChI=1S/C12H11F3N4O/c1-7-10(20)17-11(19-18-7)16-6-8-3-2-4-9(5-8)12(13,14)15/h2-5H,6H2,1H3,(H2,16,17,19,20). The Hall–Kier alpha value is -2.38. The molecular weight excluding hydrogens is 273 g/mol. The van der Waals surface area contributed by atoms with Crippen molar-refractivity contribution in [3.8, 4) is 0 Å². The highest BCUT2D eigenvalue weighted by Crippen LogP contribution is 2.29. The maximum Gasteiger partial charge on any atom is 0.416 e. The Morgan fingerprint density at radius 3 is 2.70 bits per heavy atom. The van der Waals surface area contributed by atoms with Crippen LogP contribution in [0.5, 0.6) is 0 Å². The van der Waals surface area contributed by atoms with E-state index in [0.717, 1.165) is 12.1 Å². The number of rotatable bonds is 3. The molecule has 1 aromatic carbocycles. The second-order valence-corrected chi connectivity index (χ2v) is 4.14. The minimum absolute atomic E-state index is 0.0948. The Balaban J connectivity index is 2.11. The van der Waals surface area contributed by atoms with Crippen molar-refractivity contribution in [2.45, 2.75) is 19.6 Å². The fourth-order valence-electron chi connectivity index (χ4n) is 1.52. The second kappa shape index (κ2) is 5.32. The predicted octanol–water partition coefficient (Wildman–Crippen LogP) is 2.10. The highest BCUT2D eigenvalue weighted by molar-refractivity contribution is 5.30. The Bertz CT molecular complexity index is 666. The summed E-state index contributed by atoms with van der Waals surface area (Å²) in [5, 5.41) is 10.0. The number of anilines is 1. The smallest absolute Gasteiger partial charge is 0.350 e. The van der Waals surface area contributed by atoms with Crippen LogP contribution >= 0.6 is 0 Å². The molecule has 106 valence electrons. The summed E-state index contributed by atoms with van der Waals surface area (Å²) in [4.78, 5) is 13.7. The van der Waals surface area contributed by atoms with Gasteiger partial charge in [-0.3, -0.25) is 9.78 Å². The molecule has 8 heteroatoms. The first kappa shape index (κ1) is 14.0. The first-order valence-electron chi connectivity index (χ1n) is 5.70. The zero-order valence-corrected chi connectivity index (χ0v) is 10.5. The van der Waals surface area contributed by atoms with Gasteiger partial charge in [0.25, 0.3) is 5.56 Å². The van der Waals surface area contributed by atoms with Gasteiger partial charge in [-0.1, -0.05) is 12.1 Å². The number of aromatic nitrogens is 3. The maximum absolute atomic E-state index is 12.5. The van der Waals surface area contributed by atoms with Gasteiger partial charge in [0.1, 0.15) is 5.69 Å². The number of hydrogen-bond donors (Lipinski definition) is 2. The molecule has 2 N–H and O–H groups in total. The molecule has 0 bridgehead atoms. The van der Waals surface area contributed by atoms with Crippen LogP contribution in [-0.4, -0.2) is 15.2 Å². The molecule has 1 aromatic heterocycles. The molecule has 0 aliphatic heterocycles. The Kier molecular flexibility index (Phi) is 3.73. The summed E-state index contributed by atoms with van der Waals surface area (Å²) < 4.78 is 37.6. The van der Waals surface area contributed by atoms with Gasteiger partial charge in [0.2, 0.25) is 5.95 Å². The van der Waals surface area contributed by atoms with Crippen molar-refractivity contribution < 1.29 is 13.2 Å². The average molecular weight is 284 g/mol. The van der Waals surface area contributed by atoms with Crippen molar-refractivity contribution in [3.63, 3.8) is 0 Å². The third-order valence-corrected chi connectivity index (χ3v) is 2.57. The summed E-state index contributed by atoms with van der Waals surface area (Å²) in [6.45, 7) is 1.60. The molecule has 0 aliphatic rings. The van der Waals surface area contributed by atoms with Crippen LogP contribution in [-0.2, 0) is 12.7 Å². The Morgan fingerprint density at radius 1 is 1.30 bits per heavy atom. The van der Waals surface area contributed by atoms with Crippen molar-refractivity contribution in [1.82, 2.24) is 15.2 Å². The molecule has 0 amide bonds. The number of H-pyrrole nitrogens is 1. The molecule has 0 radical (unpaired) electrons. The van der Waals surface area contributed by atoms with Gasteiger partial charge in [-0.25, -0.2) is 0 Å². The maximum atomic E-state index is 12.5. The Labute approximate surface area is 111 Å². The summed E-state index contributed by atoms with van der Waals surface area (Å²) >= 11 is 0. The SMILES string of the molecule is Cc1nnc(NCc2cccc(C(F)(F)F)c2)[nH]c1=O. The van der Waals surface area contributed by atoms with E-state index >= 15 is 0 Å². The summed E-state index contributed by atoms with van der Waals surface area (Å²) in [6, 6.07) is 4.90. The Morgan fingerprint density at radius 2 is 2.05 bits per heavy atom. The normalized spacial score (nSPS) is 11.4. The van der Waals surface area contributed by atoms with Crippen molar-refractivity contribution in [2.24, 2.45) is 0 Å². The second-order valence-electron chi connectivity index (χ2n) is 4.14. The molecule has 5 nitrogen and oxygen atoms in total. The van der Waals surface area contributed by atoms with Crippen LogP contribution in [0.4, 0.5) is 19.1 Å². The third kappa shape index (κ3) is 3.34. The fourth-order valence-corrected chi connectivity index (χ4v) is 1.52. The molecule has 0 saturated heterocycles. The largest absolute Gasteiger partial charge is 0.416 e. The average Bonchev–Trinajstić information content (AvgIpc) is 2.39. The van der Waals surface area contributed by atoms with E-state index in [9.17, 15) is 18.0 Å². The lowest BCUT2D eigenvalue weighted by molar-refractivity contribution is -0.137. The van der Waals surface area contributed by atoms with Crippen LogP contribution in [0.15, 0.2) is 29.1 Å². The topological polar surface area (TPSA) is 70.7 Å². The van der Waals surface area contributed by atoms with Gasteiger partial charge in [-0.2, -0.15) is 13.2 Å². The monoisotopic (exact) mass is 284 g/mol. The molecule has 0 spiro atoms. The van der Waals surface area contributed by atoms with E-state index in [1.807, 2.05) is 0 Å². The molecule has 2 rings (SSSR count). The van der Waals surface area contributed by atoms with E-state index in [1.165, 1.54) is 13.0 Å². The highest BCUT2D eigenvalue weighted by atomic mass is 19.4. The predicted molar refractivity (Wildman–Crippen MR) is 66.2 cm³/mol. The van der Waals surface area contributed by atoms with Crippen molar-refractivity contribution in [2.75, 3.05) is 5.32 Å². The molecule has 0 unspecified atom stereocenters. The van der Waals surface area contributed by atoms with Crippen LogP contribution in [0.25, 0.3) is 0 Å². The van der Waals surface area contributed by atoms with Crippen LogP contribution in [0, 0.1) is 6.92 Å². The molecule has 0 atom stereocenters. The van der Waals surface area contributed by atoms with E-state index in [2.05, 4.69) is 20.5 Å². The van der Waals surface area contributed by atoms with E-state index in [4.69, 9.17) is 0 Å². The van der Waals surface area contributed by atoms with Gasteiger partial charge in [0.05, 0.1) is 5.56 Å². The van der Waals surface area contributed by atoms with Crippen molar-refractivity contribution in [3.05, 3.63) is 51.4 Å². The van der Waals surface area contributed by atoms with E-state index in [0.29, 0.717) is 5.56 Å². The first-order valence-corrected chi connectivity index (χ1v) is 5.70. The number of nitrogens with zero attached hydrogens (tertiary/aromatic N) is 2. The molecule has 2 aromatic rings. The van der Waals surface area contributed by atoms with Gasteiger partial charge in [0.15, 0.2) is 0 Å². The molecule has 0 fully saturated rings. The number of aromatic amines is 1. The quantitative estimate of drug-likeness (QED) is 0.905. The number of alkyl halides is 3. The number of aryl methyl sites for hydroxylation is 1. The summed E-state index contributed by atoms with van der Waals surface area (Å²) in [6.07, 6.45) is -4.38. The van der Waals surface area contributed by atoms with Crippen LogP contribution in [0.1, 0.15) is 16.8 Å². The van der Waals surface area contributed by atoms with Gasteiger partial charge in [-0.05, 0) is 24.6 Å². The lowest BCUT2D eigenvalue weighted by Gasteiger charge is -2.09. The summed E-state index contributed by atoms with van der Waals surface area (Å²) in [7, 11) is 0. The minimum Gasteiger partial charge on any atom is -0.350 e. The highest BCUT2D eigenvalue weighted by Gasteiger charge is 2.30. The van der Waals surface area contributed by atoms with E-state index in [-0.39, 0.29) is 18.2 Å². The fraction of sp³-hybridized carbons (Fsp3) is 0.250. The van der Waals surface area contributed by atoms with Gasteiger partial charge >= 0.3 is 6.18 Å². The van der Waals surface area contributed by atoms with Gasteiger partial charge in [-0.15, -0.1) is 10.2 Å².